The van der Waals surface area contributed by atoms with Crippen LogP contribution in [0.2, 0.25) is 0 Å². The molecule has 1 aromatic carbocycles. The lowest BCUT2D eigenvalue weighted by atomic mass is 9.51. The Labute approximate surface area is 133 Å². The van der Waals surface area contributed by atoms with E-state index in [1.54, 1.807) is 0 Å². The van der Waals surface area contributed by atoms with Crippen molar-refractivity contribution >= 4 is 5.97 Å². The van der Waals surface area contributed by atoms with Crippen LogP contribution in [0.3, 0.4) is 0 Å². The van der Waals surface area contributed by atoms with Gasteiger partial charge in [0.2, 0.25) is 0 Å². The molecule has 0 saturated heterocycles. The number of benzene rings is 1. The van der Waals surface area contributed by atoms with Gasteiger partial charge in [-0.15, -0.1) is 0 Å². The third-order valence-electron chi connectivity index (χ3n) is 5.66. The molecule has 0 amide bonds. The van der Waals surface area contributed by atoms with Crippen molar-refractivity contribution in [1.82, 2.24) is 0 Å². The van der Waals surface area contributed by atoms with Crippen LogP contribution >= 0.6 is 0 Å². The van der Waals surface area contributed by atoms with Gasteiger partial charge in [0.05, 0.1) is 0 Å². The zero-order valence-corrected chi connectivity index (χ0v) is 13.8. The van der Waals surface area contributed by atoms with Crippen molar-refractivity contribution in [3.05, 3.63) is 29.8 Å². The number of rotatable bonds is 3. The van der Waals surface area contributed by atoms with E-state index in [4.69, 9.17) is 9.90 Å². The van der Waals surface area contributed by atoms with Crippen LogP contribution in [0.4, 0.5) is 0 Å². The van der Waals surface area contributed by atoms with E-state index in [-0.39, 0.29) is 0 Å². The fourth-order valence-electron chi connectivity index (χ4n) is 4.42. The van der Waals surface area contributed by atoms with Gasteiger partial charge in [-0.3, -0.25) is 4.79 Å². The molecule has 4 rings (SSSR count). The smallest absolute Gasteiger partial charge is 0.300 e. The van der Waals surface area contributed by atoms with Crippen molar-refractivity contribution in [1.29, 1.82) is 0 Å². The number of carbonyl (C=O) groups is 1. The van der Waals surface area contributed by atoms with Gasteiger partial charge in [-0.05, 0) is 73.5 Å². The summed E-state index contributed by atoms with van der Waals surface area (Å²) in [6.45, 7) is 3.41. The van der Waals surface area contributed by atoms with E-state index in [0.29, 0.717) is 16.6 Å². The molecule has 0 aromatic heterocycles. The molecule has 0 unspecified atom stereocenters. The molecule has 0 heterocycles. The molecule has 3 saturated carbocycles. The third-order valence-corrected chi connectivity index (χ3v) is 5.66. The fraction of sp³-hybridized carbons (Fsp3) is 0.632. The average Bonchev–Trinajstić information content (AvgIpc) is 2.49. The molecule has 22 heavy (non-hydrogen) atoms. The molecule has 3 aliphatic carbocycles. The van der Waals surface area contributed by atoms with Gasteiger partial charge >= 0.3 is 0 Å². The third kappa shape index (κ3) is 3.63. The predicted octanol–water partition coefficient (Wildman–Crippen LogP) is 4.88. The van der Waals surface area contributed by atoms with Crippen LogP contribution in [0, 0.1) is 5.41 Å². The molecule has 3 nitrogen and oxygen atoms in total. The van der Waals surface area contributed by atoms with Crippen LogP contribution in [-0.2, 0) is 10.2 Å². The Balaban J connectivity index is 0.000000396. The van der Waals surface area contributed by atoms with Gasteiger partial charge < -0.3 is 10.2 Å². The first-order chi connectivity index (χ1) is 10.4. The van der Waals surface area contributed by atoms with Gasteiger partial charge in [0.15, 0.2) is 0 Å². The standard InChI is InChI=1S/C17H24O.C2H4O2/c1-2-7-16-8-11-17(12-9-16,13-10-16)14-3-5-15(18)6-4-14;1-2(3)4/h3-6,18H,2,7-13H2,1H3;1H3,(H,3,4). The molecule has 0 aliphatic heterocycles. The fourth-order valence-corrected chi connectivity index (χ4v) is 4.42. The van der Waals surface area contributed by atoms with Crippen molar-refractivity contribution in [3.8, 4) is 5.75 Å². The summed E-state index contributed by atoms with van der Waals surface area (Å²) in [4.78, 5) is 9.00. The summed E-state index contributed by atoms with van der Waals surface area (Å²) in [6, 6.07) is 8.00. The van der Waals surface area contributed by atoms with Crippen molar-refractivity contribution in [3.63, 3.8) is 0 Å². The highest BCUT2D eigenvalue weighted by molar-refractivity contribution is 5.62. The second-order valence-electron chi connectivity index (χ2n) is 7.10. The lowest BCUT2D eigenvalue weighted by Gasteiger charge is -2.54. The average molecular weight is 304 g/mol. The maximum Gasteiger partial charge on any atom is 0.300 e. The number of hydrogen-bond donors (Lipinski definition) is 2. The van der Waals surface area contributed by atoms with E-state index >= 15 is 0 Å². The second kappa shape index (κ2) is 6.72. The Morgan fingerprint density at radius 2 is 1.50 bits per heavy atom. The molecule has 0 atom stereocenters. The van der Waals surface area contributed by atoms with Crippen LogP contribution in [0.5, 0.6) is 5.75 Å². The Hall–Kier alpha value is -1.51. The van der Waals surface area contributed by atoms with Gasteiger partial charge in [0.25, 0.3) is 5.97 Å². The van der Waals surface area contributed by atoms with E-state index in [0.717, 1.165) is 6.92 Å². The summed E-state index contributed by atoms with van der Waals surface area (Å²) in [7, 11) is 0. The Bertz CT molecular complexity index is 475. The molecular formula is C19H28O3. The Kier molecular flexibility index (Phi) is 5.15. The summed E-state index contributed by atoms with van der Waals surface area (Å²) in [5.74, 6) is -0.443. The van der Waals surface area contributed by atoms with E-state index in [1.807, 2.05) is 12.1 Å². The highest BCUT2D eigenvalue weighted by Crippen LogP contribution is 2.59. The second-order valence-corrected chi connectivity index (χ2v) is 7.10. The molecule has 0 radical (unpaired) electrons. The summed E-state index contributed by atoms with van der Waals surface area (Å²) in [5.41, 5.74) is 2.58. The molecule has 1 aromatic rings. The highest BCUT2D eigenvalue weighted by atomic mass is 16.4. The molecule has 3 aliphatic rings. The van der Waals surface area contributed by atoms with E-state index in [1.165, 1.54) is 56.9 Å². The minimum Gasteiger partial charge on any atom is -0.508 e. The lowest BCUT2D eigenvalue weighted by molar-refractivity contribution is -0.134. The van der Waals surface area contributed by atoms with Crippen LogP contribution in [0.15, 0.2) is 24.3 Å². The number of aromatic hydroxyl groups is 1. The van der Waals surface area contributed by atoms with Crippen LogP contribution in [0.25, 0.3) is 0 Å². The SMILES string of the molecule is CC(=O)O.CCCC12CCC(c3ccc(O)cc3)(CC1)CC2. The summed E-state index contributed by atoms with van der Waals surface area (Å²) < 4.78 is 0. The maximum atomic E-state index is 9.43. The zero-order chi connectivity index (χ0) is 16.2. The first kappa shape index (κ1) is 16.9. The van der Waals surface area contributed by atoms with E-state index in [2.05, 4.69) is 19.1 Å². The van der Waals surface area contributed by atoms with Crippen molar-refractivity contribution in [2.24, 2.45) is 5.41 Å². The number of phenols is 1. The predicted molar refractivity (Wildman–Crippen MR) is 88.1 cm³/mol. The van der Waals surface area contributed by atoms with Crippen LogP contribution < -0.4 is 0 Å². The normalized spacial score (nSPS) is 29.5. The Morgan fingerprint density at radius 3 is 1.91 bits per heavy atom. The Morgan fingerprint density at radius 1 is 1.05 bits per heavy atom. The van der Waals surface area contributed by atoms with Crippen molar-refractivity contribution < 1.29 is 15.0 Å². The van der Waals surface area contributed by atoms with E-state index < -0.39 is 5.97 Å². The van der Waals surface area contributed by atoms with Crippen molar-refractivity contribution in [2.45, 2.75) is 70.6 Å². The first-order valence-electron chi connectivity index (χ1n) is 8.40. The highest BCUT2D eigenvalue weighted by Gasteiger charge is 2.48. The molecule has 2 N–H and O–H groups in total. The molecular weight excluding hydrogens is 276 g/mol. The van der Waals surface area contributed by atoms with E-state index in [9.17, 15) is 5.11 Å². The van der Waals surface area contributed by atoms with Gasteiger partial charge in [-0.1, -0.05) is 25.5 Å². The van der Waals surface area contributed by atoms with Gasteiger partial charge in [-0.2, -0.15) is 0 Å². The van der Waals surface area contributed by atoms with Crippen LogP contribution in [0.1, 0.15) is 70.8 Å². The molecule has 3 heteroatoms. The molecule has 122 valence electrons. The minimum absolute atomic E-state index is 0.391. The number of aliphatic carboxylic acids is 1. The largest absolute Gasteiger partial charge is 0.508 e. The van der Waals surface area contributed by atoms with Gasteiger partial charge in [-0.25, -0.2) is 0 Å². The monoisotopic (exact) mass is 304 g/mol. The summed E-state index contributed by atoms with van der Waals surface area (Å²) in [5, 5.41) is 16.8. The molecule has 3 fully saturated rings. The quantitative estimate of drug-likeness (QED) is 0.837. The van der Waals surface area contributed by atoms with Crippen molar-refractivity contribution in [2.75, 3.05) is 0 Å². The van der Waals surface area contributed by atoms with Gasteiger partial charge in [0.1, 0.15) is 5.75 Å². The minimum atomic E-state index is -0.833. The summed E-state index contributed by atoms with van der Waals surface area (Å²) >= 11 is 0. The number of hydrogen-bond acceptors (Lipinski definition) is 2. The maximum absolute atomic E-state index is 9.43. The number of fused-ring (bicyclic) bond motifs is 3. The lowest BCUT2D eigenvalue weighted by Crippen LogP contribution is -2.44. The number of carboxylic acid groups (broad SMARTS) is 1. The first-order valence-corrected chi connectivity index (χ1v) is 8.40. The number of phenolic OH excluding ortho intramolecular Hbond substituents is 1. The molecule has 0 spiro atoms. The van der Waals surface area contributed by atoms with Crippen LogP contribution in [-0.4, -0.2) is 16.2 Å². The number of carboxylic acids is 1. The molecule has 2 bridgehead atoms. The van der Waals surface area contributed by atoms with Gasteiger partial charge in [0, 0.05) is 6.92 Å². The summed E-state index contributed by atoms with van der Waals surface area (Å²) in [6.07, 6.45) is 11.1. The topological polar surface area (TPSA) is 57.5 Å². The zero-order valence-electron chi connectivity index (χ0n) is 13.8.